The molecular weight excluding hydrogens is 284 g/mol. The summed E-state index contributed by atoms with van der Waals surface area (Å²) in [7, 11) is 0. The largest absolute Gasteiger partial charge is 0.444 e. The standard InChI is InChI=1S/C14H20N6O2/c1-14(2,3)22-13(21)19-11(6-15)10-4-5-12(17-7-10)20-9-16-8-18-20/h4-5,7-9,11H,6,15H2,1-3H3,(H,19,21). The van der Waals surface area contributed by atoms with Gasteiger partial charge in [-0.05, 0) is 32.4 Å². The molecule has 0 fully saturated rings. The Hall–Kier alpha value is -2.48. The lowest BCUT2D eigenvalue weighted by Gasteiger charge is -2.23. The Balaban J connectivity index is 2.06. The maximum absolute atomic E-state index is 11.8. The summed E-state index contributed by atoms with van der Waals surface area (Å²) in [6, 6.07) is 3.25. The molecule has 0 saturated carbocycles. The highest BCUT2D eigenvalue weighted by atomic mass is 16.6. The lowest BCUT2D eigenvalue weighted by Crippen LogP contribution is -2.37. The summed E-state index contributed by atoms with van der Waals surface area (Å²) in [5.74, 6) is 0.634. The average molecular weight is 304 g/mol. The average Bonchev–Trinajstić information content (AvgIpc) is 2.97. The van der Waals surface area contributed by atoms with E-state index >= 15 is 0 Å². The van der Waals surface area contributed by atoms with Crippen LogP contribution >= 0.6 is 0 Å². The van der Waals surface area contributed by atoms with E-state index in [9.17, 15) is 4.79 Å². The molecule has 1 atom stereocenters. The monoisotopic (exact) mass is 304 g/mol. The smallest absolute Gasteiger partial charge is 0.408 e. The van der Waals surface area contributed by atoms with Crippen LogP contribution in [0, 0.1) is 0 Å². The van der Waals surface area contributed by atoms with Gasteiger partial charge in [-0.3, -0.25) is 0 Å². The summed E-state index contributed by atoms with van der Waals surface area (Å²) < 4.78 is 6.77. The van der Waals surface area contributed by atoms with Crippen LogP contribution in [0.1, 0.15) is 32.4 Å². The molecule has 0 aliphatic rings. The molecule has 0 spiro atoms. The minimum Gasteiger partial charge on any atom is -0.444 e. The zero-order chi connectivity index (χ0) is 16.2. The molecule has 22 heavy (non-hydrogen) atoms. The molecule has 8 nitrogen and oxygen atoms in total. The van der Waals surface area contributed by atoms with Gasteiger partial charge in [-0.15, -0.1) is 0 Å². The molecule has 2 heterocycles. The summed E-state index contributed by atoms with van der Waals surface area (Å²) in [5, 5.41) is 6.73. The summed E-state index contributed by atoms with van der Waals surface area (Å²) in [5.41, 5.74) is 5.96. The Kier molecular flexibility index (Phi) is 4.71. The predicted octanol–water partition coefficient (Wildman–Crippen LogP) is 1.19. The number of pyridine rings is 1. The first-order valence-corrected chi connectivity index (χ1v) is 6.89. The fourth-order valence-electron chi connectivity index (χ4n) is 1.79. The van der Waals surface area contributed by atoms with E-state index in [1.54, 1.807) is 44.0 Å². The Labute approximate surface area is 128 Å². The Bertz CT molecular complexity index is 603. The van der Waals surface area contributed by atoms with E-state index in [0.29, 0.717) is 5.82 Å². The second kappa shape index (κ2) is 6.52. The minimum absolute atomic E-state index is 0.240. The van der Waals surface area contributed by atoms with Crippen LogP contribution in [0.4, 0.5) is 4.79 Å². The van der Waals surface area contributed by atoms with Gasteiger partial charge < -0.3 is 15.8 Å². The van der Waals surface area contributed by atoms with Crippen molar-refractivity contribution >= 4 is 6.09 Å². The van der Waals surface area contributed by atoms with Gasteiger partial charge in [0.05, 0.1) is 6.04 Å². The number of amides is 1. The summed E-state index contributed by atoms with van der Waals surface area (Å²) >= 11 is 0. The van der Waals surface area contributed by atoms with Crippen LogP contribution in [0.3, 0.4) is 0 Å². The van der Waals surface area contributed by atoms with Crippen LogP contribution in [0.2, 0.25) is 0 Å². The third kappa shape index (κ3) is 4.26. The Morgan fingerprint density at radius 1 is 1.45 bits per heavy atom. The number of alkyl carbamates (subject to hydrolysis) is 1. The number of nitrogens with one attached hydrogen (secondary N) is 1. The number of rotatable bonds is 4. The van der Waals surface area contributed by atoms with Crippen LogP contribution in [0.15, 0.2) is 31.0 Å². The zero-order valence-corrected chi connectivity index (χ0v) is 12.9. The van der Waals surface area contributed by atoms with Crippen molar-refractivity contribution in [3.63, 3.8) is 0 Å². The molecular formula is C14H20N6O2. The van der Waals surface area contributed by atoms with Gasteiger partial charge in [-0.25, -0.2) is 19.4 Å². The Morgan fingerprint density at radius 2 is 2.23 bits per heavy atom. The highest BCUT2D eigenvalue weighted by Crippen LogP contribution is 2.14. The summed E-state index contributed by atoms with van der Waals surface area (Å²) in [6.07, 6.45) is 4.12. The summed E-state index contributed by atoms with van der Waals surface area (Å²) in [4.78, 5) is 20.0. The number of carbonyl (C=O) groups excluding carboxylic acids is 1. The molecule has 0 bridgehead atoms. The number of nitrogens with zero attached hydrogens (tertiary/aromatic N) is 4. The number of nitrogens with two attached hydrogens (primary N) is 1. The topological polar surface area (TPSA) is 108 Å². The first kappa shape index (κ1) is 15.9. The van der Waals surface area contributed by atoms with Crippen LogP contribution in [0.25, 0.3) is 5.82 Å². The molecule has 0 aromatic carbocycles. The number of hydrogen-bond donors (Lipinski definition) is 2. The Morgan fingerprint density at radius 3 is 2.73 bits per heavy atom. The van der Waals surface area contributed by atoms with Gasteiger partial charge in [0, 0.05) is 12.7 Å². The maximum Gasteiger partial charge on any atom is 0.408 e. The first-order valence-electron chi connectivity index (χ1n) is 6.89. The van der Waals surface area contributed by atoms with Crippen molar-refractivity contribution in [3.8, 4) is 5.82 Å². The van der Waals surface area contributed by atoms with Crippen molar-refractivity contribution < 1.29 is 9.53 Å². The van der Waals surface area contributed by atoms with Crippen molar-refractivity contribution in [1.29, 1.82) is 0 Å². The van der Waals surface area contributed by atoms with Crippen molar-refractivity contribution in [2.24, 2.45) is 5.73 Å². The van der Waals surface area contributed by atoms with E-state index in [1.165, 1.54) is 6.33 Å². The lowest BCUT2D eigenvalue weighted by atomic mass is 10.1. The van der Waals surface area contributed by atoms with E-state index < -0.39 is 11.7 Å². The van der Waals surface area contributed by atoms with E-state index in [2.05, 4.69) is 20.4 Å². The molecule has 0 saturated heterocycles. The second-order valence-corrected chi connectivity index (χ2v) is 5.72. The van der Waals surface area contributed by atoms with Crippen LogP contribution < -0.4 is 11.1 Å². The molecule has 1 unspecified atom stereocenters. The highest BCUT2D eigenvalue weighted by Gasteiger charge is 2.20. The van der Waals surface area contributed by atoms with E-state index in [1.807, 2.05) is 6.07 Å². The molecule has 2 aromatic heterocycles. The number of aromatic nitrogens is 4. The van der Waals surface area contributed by atoms with Crippen molar-refractivity contribution in [2.45, 2.75) is 32.4 Å². The molecule has 2 rings (SSSR count). The minimum atomic E-state index is -0.557. The van der Waals surface area contributed by atoms with Crippen LogP contribution in [-0.2, 0) is 4.74 Å². The first-order chi connectivity index (χ1) is 10.4. The molecule has 1 amide bonds. The quantitative estimate of drug-likeness (QED) is 0.878. The molecule has 0 aliphatic carbocycles. The number of hydrogen-bond acceptors (Lipinski definition) is 6. The van der Waals surface area contributed by atoms with E-state index in [-0.39, 0.29) is 12.6 Å². The van der Waals surface area contributed by atoms with Gasteiger partial charge in [-0.1, -0.05) is 6.07 Å². The molecule has 118 valence electrons. The van der Waals surface area contributed by atoms with Gasteiger partial charge in [-0.2, -0.15) is 5.10 Å². The van der Waals surface area contributed by atoms with Gasteiger partial charge in [0.1, 0.15) is 18.3 Å². The third-order valence-electron chi connectivity index (χ3n) is 2.75. The number of carbonyl (C=O) groups is 1. The molecule has 3 N–H and O–H groups in total. The van der Waals surface area contributed by atoms with E-state index in [4.69, 9.17) is 10.5 Å². The lowest BCUT2D eigenvalue weighted by molar-refractivity contribution is 0.0505. The fraction of sp³-hybridized carbons (Fsp3) is 0.429. The van der Waals surface area contributed by atoms with Crippen LogP contribution in [0.5, 0.6) is 0 Å². The maximum atomic E-state index is 11.8. The number of ether oxygens (including phenoxy) is 1. The van der Waals surface area contributed by atoms with E-state index in [0.717, 1.165) is 5.56 Å². The zero-order valence-electron chi connectivity index (χ0n) is 12.9. The molecule has 0 radical (unpaired) electrons. The SMILES string of the molecule is CC(C)(C)OC(=O)NC(CN)c1ccc(-n2cncn2)nc1. The van der Waals surface area contributed by atoms with Crippen LogP contribution in [-0.4, -0.2) is 38.0 Å². The van der Waals surface area contributed by atoms with Crippen molar-refractivity contribution in [1.82, 2.24) is 25.1 Å². The van der Waals surface area contributed by atoms with Gasteiger partial charge in [0.25, 0.3) is 0 Å². The highest BCUT2D eigenvalue weighted by molar-refractivity contribution is 5.68. The molecule has 0 aliphatic heterocycles. The molecule has 2 aromatic rings. The van der Waals surface area contributed by atoms with Gasteiger partial charge in [0.15, 0.2) is 5.82 Å². The fourth-order valence-corrected chi connectivity index (χ4v) is 1.79. The van der Waals surface area contributed by atoms with Crippen molar-refractivity contribution in [2.75, 3.05) is 6.54 Å². The van der Waals surface area contributed by atoms with Gasteiger partial charge >= 0.3 is 6.09 Å². The van der Waals surface area contributed by atoms with Crippen molar-refractivity contribution in [3.05, 3.63) is 36.5 Å². The molecule has 8 heteroatoms. The third-order valence-corrected chi connectivity index (χ3v) is 2.75. The normalized spacial score (nSPS) is 12.7. The second-order valence-electron chi connectivity index (χ2n) is 5.72. The van der Waals surface area contributed by atoms with Gasteiger partial charge in [0.2, 0.25) is 0 Å². The predicted molar refractivity (Wildman–Crippen MR) is 80.3 cm³/mol. The summed E-state index contributed by atoms with van der Waals surface area (Å²) in [6.45, 7) is 5.65.